The normalized spacial score (nSPS) is 18.7. The predicted octanol–water partition coefficient (Wildman–Crippen LogP) is 3.57. The van der Waals surface area contributed by atoms with Crippen LogP contribution in [-0.4, -0.2) is 56.7 Å². The number of piperidine rings is 1. The largest absolute Gasteiger partial charge is 0.342 e. The fourth-order valence-corrected chi connectivity index (χ4v) is 4.92. The Balaban J connectivity index is 1.36. The number of aryl methyl sites for hydroxylation is 1. The van der Waals surface area contributed by atoms with Gasteiger partial charge in [0, 0.05) is 57.1 Å². The van der Waals surface area contributed by atoms with Gasteiger partial charge in [0.05, 0.1) is 17.8 Å². The first-order valence-electron chi connectivity index (χ1n) is 11.7. The Kier molecular flexibility index (Phi) is 6.07. The molecule has 0 N–H and O–H groups in total. The number of likely N-dealkylation sites (tertiary alicyclic amines) is 1. The fraction of sp³-hybridized carbons (Fsp3) is 0.440. The van der Waals surface area contributed by atoms with Gasteiger partial charge in [0.25, 0.3) is 0 Å². The lowest BCUT2D eigenvalue weighted by molar-refractivity contribution is -0.131. The van der Waals surface area contributed by atoms with Crippen molar-refractivity contribution in [2.24, 2.45) is 7.05 Å². The number of carbonyl (C=O) groups excluding carboxylic acids is 1. The summed E-state index contributed by atoms with van der Waals surface area (Å²) >= 11 is 0. The van der Waals surface area contributed by atoms with Crippen LogP contribution in [0, 0.1) is 5.82 Å². The van der Waals surface area contributed by atoms with E-state index in [9.17, 15) is 9.18 Å². The van der Waals surface area contributed by atoms with E-state index in [0.29, 0.717) is 18.7 Å². The first kappa shape index (κ1) is 21.6. The van der Waals surface area contributed by atoms with Gasteiger partial charge >= 0.3 is 0 Å². The number of hydrogen-bond donors (Lipinski definition) is 0. The molecule has 1 aromatic carbocycles. The highest BCUT2D eigenvalue weighted by molar-refractivity contribution is 5.79. The molecule has 8 heteroatoms. The van der Waals surface area contributed by atoms with E-state index in [1.165, 1.54) is 18.9 Å². The van der Waals surface area contributed by atoms with Crippen molar-refractivity contribution in [1.29, 1.82) is 0 Å². The fourth-order valence-electron chi connectivity index (χ4n) is 4.92. The number of nitrogens with zero attached hydrogens (tertiary/aromatic N) is 6. The van der Waals surface area contributed by atoms with Crippen molar-refractivity contribution in [3.05, 3.63) is 59.8 Å². The van der Waals surface area contributed by atoms with E-state index in [0.717, 1.165) is 48.8 Å². The summed E-state index contributed by atoms with van der Waals surface area (Å²) in [5.74, 6) is 0.513. The maximum absolute atomic E-state index is 14.0. The van der Waals surface area contributed by atoms with Crippen molar-refractivity contribution in [3.63, 3.8) is 0 Å². The molecule has 0 bridgehead atoms. The number of aromatic nitrogens is 4. The molecule has 1 atom stereocenters. The zero-order chi connectivity index (χ0) is 22.8. The molecule has 0 unspecified atom stereocenters. The lowest BCUT2D eigenvalue weighted by atomic mass is 9.91. The Morgan fingerprint density at radius 3 is 2.76 bits per heavy atom. The molecule has 33 heavy (non-hydrogen) atoms. The number of amides is 1. The second-order valence-corrected chi connectivity index (χ2v) is 8.98. The van der Waals surface area contributed by atoms with Crippen LogP contribution in [0.2, 0.25) is 0 Å². The third-order valence-corrected chi connectivity index (χ3v) is 6.63. The summed E-state index contributed by atoms with van der Waals surface area (Å²) in [6.45, 7) is 3.26. The van der Waals surface area contributed by atoms with E-state index in [1.807, 2.05) is 35.1 Å². The quantitative estimate of drug-likeness (QED) is 0.597. The van der Waals surface area contributed by atoms with Crippen LogP contribution in [0.4, 0.5) is 10.3 Å². The van der Waals surface area contributed by atoms with Crippen LogP contribution in [0.5, 0.6) is 0 Å². The topological polar surface area (TPSA) is 67.2 Å². The molecule has 1 amide bonds. The van der Waals surface area contributed by atoms with Gasteiger partial charge in [0.1, 0.15) is 5.82 Å². The van der Waals surface area contributed by atoms with Crippen LogP contribution < -0.4 is 4.90 Å². The summed E-state index contributed by atoms with van der Waals surface area (Å²) in [6.07, 6.45) is 8.10. The molecule has 4 heterocycles. The SMILES string of the molecule is Cn1cc(-c2ccnc(N3CCCC3)n2)c([C@@H]2CCCN(C(=O)Cc3ccccc3F)C2)n1. The number of halogens is 1. The third-order valence-electron chi connectivity index (χ3n) is 6.63. The Morgan fingerprint density at radius 1 is 1.12 bits per heavy atom. The molecule has 2 aromatic heterocycles. The molecule has 3 aromatic rings. The lowest BCUT2D eigenvalue weighted by Gasteiger charge is -2.32. The lowest BCUT2D eigenvalue weighted by Crippen LogP contribution is -2.40. The third kappa shape index (κ3) is 4.60. The standard InChI is InChI=1S/C25H29FN6O/c1-30-17-20(22-10-11-27-25(28-22)31-12-4-5-13-31)24(29-30)19-8-6-14-32(16-19)23(33)15-18-7-2-3-9-21(18)26/h2-3,7,9-11,17,19H,4-6,8,12-16H2,1H3/t19-/m1/s1. The molecule has 0 spiro atoms. The minimum atomic E-state index is -0.330. The number of carbonyl (C=O) groups is 1. The van der Waals surface area contributed by atoms with Crippen LogP contribution in [0.3, 0.4) is 0 Å². The zero-order valence-electron chi connectivity index (χ0n) is 19.0. The number of hydrogen-bond acceptors (Lipinski definition) is 5. The summed E-state index contributed by atoms with van der Waals surface area (Å²) < 4.78 is 15.9. The Hall–Kier alpha value is -3.29. The van der Waals surface area contributed by atoms with Crippen molar-refractivity contribution in [2.75, 3.05) is 31.1 Å². The molecule has 0 radical (unpaired) electrons. The second kappa shape index (κ2) is 9.29. The van der Waals surface area contributed by atoms with E-state index in [-0.39, 0.29) is 24.1 Å². The number of anilines is 1. The van der Waals surface area contributed by atoms with E-state index in [1.54, 1.807) is 18.2 Å². The van der Waals surface area contributed by atoms with Crippen molar-refractivity contribution in [3.8, 4) is 11.3 Å². The van der Waals surface area contributed by atoms with Crippen molar-refractivity contribution in [1.82, 2.24) is 24.6 Å². The highest BCUT2D eigenvalue weighted by Gasteiger charge is 2.29. The van der Waals surface area contributed by atoms with E-state index < -0.39 is 0 Å². The molecular formula is C25H29FN6O. The first-order valence-corrected chi connectivity index (χ1v) is 11.7. The van der Waals surface area contributed by atoms with Gasteiger partial charge in [-0.05, 0) is 43.4 Å². The smallest absolute Gasteiger partial charge is 0.227 e. The average molecular weight is 449 g/mol. The maximum atomic E-state index is 14.0. The number of benzene rings is 1. The highest BCUT2D eigenvalue weighted by atomic mass is 19.1. The number of rotatable bonds is 5. The summed E-state index contributed by atoms with van der Waals surface area (Å²) in [5.41, 5.74) is 3.27. The molecule has 5 rings (SSSR count). The summed E-state index contributed by atoms with van der Waals surface area (Å²) in [6, 6.07) is 8.43. The predicted molar refractivity (Wildman–Crippen MR) is 124 cm³/mol. The molecule has 2 aliphatic heterocycles. The van der Waals surface area contributed by atoms with Crippen LogP contribution >= 0.6 is 0 Å². The molecule has 2 aliphatic rings. The summed E-state index contributed by atoms with van der Waals surface area (Å²) in [5, 5.41) is 4.77. The molecular weight excluding hydrogens is 419 g/mol. The molecule has 172 valence electrons. The summed E-state index contributed by atoms with van der Waals surface area (Å²) in [4.78, 5) is 26.4. The van der Waals surface area contributed by atoms with Crippen molar-refractivity contribution < 1.29 is 9.18 Å². The van der Waals surface area contributed by atoms with Gasteiger partial charge in [-0.2, -0.15) is 5.10 Å². The van der Waals surface area contributed by atoms with Gasteiger partial charge in [0.2, 0.25) is 11.9 Å². The Morgan fingerprint density at radius 2 is 1.94 bits per heavy atom. The van der Waals surface area contributed by atoms with Gasteiger partial charge in [-0.15, -0.1) is 0 Å². The van der Waals surface area contributed by atoms with Gasteiger partial charge in [-0.1, -0.05) is 18.2 Å². The van der Waals surface area contributed by atoms with E-state index in [4.69, 9.17) is 10.1 Å². The average Bonchev–Trinajstić information content (AvgIpc) is 3.51. The highest BCUT2D eigenvalue weighted by Crippen LogP contribution is 2.33. The van der Waals surface area contributed by atoms with Gasteiger partial charge < -0.3 is 9.80 Å². The Labute approximate surface area is 193 Å². The minimum absolute atomic E-state index is 0.0411. The molecule has 0 aliphatic carbocycles. The van der Waals surface area contributed by atoms with Crippen LogP contribution in [-0.2, 0) is 18.3 Å². The van der Waals surface area contributed by atoms with Gasteiger partial charge in [0.15, 0.2) is 0 Å². The molecule has 0 saturated carbocycles. The van der Waals surface area contributed by atoms with Crippen LogP contribution in [0.1, 0.15) is 42.9 Å². The maximum Gasteiger partial charge on any atom is 0.227 e. The zero-order valence-corrected chi connectivity index (χ0v) is 19.0. The van der Waals surface area contributed by atoms with Gasteiger partial charge in [-0.3, -0.25) is 9.48 Å². The van der Waals surface area contributed by atoms with E-state index in [2.05, 4.69) is 9.88 Å². The summed E-state index contributed by atoms with van der Waals surface area (Å²) in [7, 11) is 1.92. The Bertz CT molecular complexity index is 1140. The van der Waals surface area contributed by atoms with Crippen molar-refractivity contribution >= 4 is 11.9 Å². The van der Waals surface area contributed by atoms with Crippen LogP contribution in [0.25, 0.3) is 11.3 Å². The van der Waals surface area contributed by atoms with Gasteiger partial charge in [-0.25, -0.2) is 14.4 Å². The first-order chi connectivity index (χ1) is 16.1. The van der Waals surface area contributed by atoms with Crippen LogP contribution in [0.15, 0.2) is 42.7 Å². The molecule has 2 saturated heterocycles. The minimum Gasteiger partial charge on any atom is -0.342 e. The molecule has 7 nitrogen and oxygen atoms in total. The molecule has 2 fully saturated rings. The monoisotopic (exact) mass is 448 g/mol. The van der Waals surface area contributed by atoms with E-state index >= 15 is 0 Å². The van der Waals surface area contributed by atoms with Crippen molar-refractivity contribution in [2.45, 2.75) is 38.0 Å². The second-order valence-electron chi connectivity index (χ2n) is 8.98.